The highest BCUT2D eigenvalue weighted by molar-refractivity contribution is 5.85. The van der Waals surface area contributed by atoms with Gasteiger partial charge in [0.1, 0.15) is 5.75 Å². The Hall–Kier alpha value is -2.05. The molecule has 2 N–H and O–H groups in total. The number of rotatable bonds is 5. The number of hydrogen-bond acceptors (Lipinski definition) is 4. The molecular weight excluding hydrogens is 340 g/mol. The maximum atomic E-state index is 12.8. The van der Waals surface area contributed by atoms with E-state index < -0.39 is 0 Å². The van der Waals surface area contributed by atoms with Gasteiger partial charge in [-0.3, -0.25) is 9.48 Å². The van der Waals surface area contributed by atoms with Gasteiger partial charge in [-0.15, -0.1) is 12.4 Å². The molecule has 0 spiro atoms. The number of aryl methyl sites for hydroxylation is 1. The summed E-state index contributed by atoms with van der Waals surface area (Å²) in [6.45, 7) is 3.49. The summed E-state index contributed by atoms with van der Waals surface area (Å²) in [6, 6.07) is 7.72. The second-order valence-corrected chi connectivity index (χ2v) is 6.33. The van der Waals surface area contributed by atoms with E-state index in [1.165, 1.54) is 0 Å². The Morgan fingerprint density at radius 2 is 2.24 bits per heavy atom. The highest BCUT2D eigenvalue weighted by atomic mass is 35.5. The van der Waals surface area contributed by atoms with E-state index in [9.17, 15) is 4.79 Å². The van der Waals surface area contributed by atoms with Crippen molar-refractivity contribution in [3.63, 3.8) is 0 Å². The van der Waals surface area contributed by atoms with Gasteiger partial charge in [-0.1, -0.05) is 12.1 Å². The first-order chi connectivity index (χ1) is 11.6. The van der Waals surface area contributed by atoms with E-state index in [1.54, 1.807) is 11.8 Å². The summed E-state index contributed by atoms with van der Waals surface area (Å²) >= 11 is 0. The van der Waals surface area contributed by atoms with E-state index in [2.05, 4.69) is 15.7 Å². The second kappa shape index (κ2) is 8.36. The number of carbonyl (C=O) groups excluding carboxylic acids is 1. The first-order valence-corrected chi connectivity index (χ1v) is 8.22. The summed E-state index contributed by atoms with van der Waals surface area (Å²) < 4.78 is 7.03. The van der Waals surface area contributed by atoms with Gasteiger partial charge in [0.2, 0.25) is 5.91 Å². The molecular formula is C18H25ClN4O2. The molecule has 0 aliphatic carbocycles. The highest BCUT2D eigenvalue weighted by Crippen LogP contribution is 2.29. The molecule has 1 saturated heterocycles. The highest BCUT2D eigenvalue weighted by Gasteiger charge is 2.35. The Kier molecular flexibility index (Phi) is 6.45. The van der Waals surface area contributed by atoms with Crippen molar-refractivity contribution < 1.29 is 9.53 Å². The van der Waals surface area contributed by atoms with Crippen molar-refractivity contribution in [3.05, 3.63) is 47.8 Å². The molecule has 2 heterocycles. The number of ether oxygens (including phenoxy) is 1. The Morgan fingerprint density at radius 1 is 1.44 bits per heavy atom. The second-order valence-electron chi connectivity index (χ2n) is 6.33. The fraction of sp³-hybridized carbons (Fsp3) is 0.444. The van der Waals surface area contributed by atoms with Gasteiger partial charge in [0.05, 0.1) is 25.3 Å². The monoisotopic (exact) mass is 364 g/mol. The van der Waals surface area contributed by atoms with E-state index in [1.807, 2.05) is 50.6 Å². The van der Waals surface area contributed by atoms with Gasteiger partial charge in [-0.05, 0) is 30.2 Å². The number of methoxy groups -OCH3 is 1. The Bertz CT molecular complexity index is 719. The van der Waals surface area contributed by atoms with Crippen molar-refractivity contribution >= 4 is 18.3 Å². The number of nitrogens with zero attached hydrogens (tertiary/aromatic N) is 2. The van der Waals surface area contributed by atoms with Gasteiger partial charge in [-0.25, -0.2) is 0 Å². The van der Waals surface area contributed by atoms with Crippen molar-refractivity contribution in [1.29, 1.82) is 0 Å². The molecule has 136 valence electrons. The molecule has 1 amide bonds. The molecule has 1 aliphatic heterocycles. The third-order valence-corrected chi connectivity index (χ3v) is 4.66. The molecule has 0 saturated carbocycles. The summed E-state index contributed by atoms with van der Waals surface area (Å²) in [5.74, 6) is 0.951. The molecule has 1 aliphatic rings. The maximum absolute atomic E-state index is 12.8. The molecule has 1 aromatic carbocycles. The third kappa shape index (κ3) is 4.32. The van der Waals surface area contributed by atoms with Crippen LogP contribution in [0.4, 0.5) is 0 Å². The van der Waals surface area contributed by atoms with Crippen LogP contribution in [-0.2, 0) is 11.8 Å². The van der Waals surface area contributed by atoms with Gasteiger partial charge in [0.25, 0.3) is 0 Å². The SMILES string of the molecule is COc1cccc(C(C)NC(=O)[C@H]2CNC[C@@H]2c2cnn(C)c2)c1.Cl. The van der Waals surface area contributed by atoms with Crippen LogP contribution in [0.3, 0.4) is 0 Å². The van der Waals surface area contributed by atoms with E-state index in [-0.39, 0.29) is 36.2 Å². The molecule has 6 nitrogen and oxygen atoms in total. The quantitative estimate of drug-likeness (QED) is 0.851. The largest absolute Gasteiger partial charge is 0.497 e. The molecule has 25 heavy (non-hydrogen) atoms. The van der Waals surface area contributed by atoms with Gasteiger partial charge < -0.3 is 15.4 Å². The molecule has 7 heteroatoms. The van der Waals surface area contributed by atoms with E-state index in [4.69, 9.17) is 4.74 Å². The Labute approximate surface area is 154 Å². The summed E-state index contributed by atoms with van der Waals surface area (Å²) in [4.78, 5) is 12.8. The maximum Gasteiger partial charge on any atom is 0.225 e. The molecule has 3 atom stereocenters. The Morgan fingerprint density at radius 3 is 2.92 bits per heavy atom. The summed E-state index contributed by atoms with van der Waals surface area (Å²) in [5, 5.41) is 10.7. The van der Waals surface area contributed by atoms with Crippen LogP contribution in [0, 0.1) is 5.92 Å². The van der Waals surface area contributed by atoms with Gasteiger partial charge >= 0.3 is 0 Å². The molecule has 0 bridgehead atoms. The minimum atomic E-state index is -0.0812. The predicted molar refractivity (Wildman–Crippen MR) is 99.1 cm³/mol. The molecule has 1 unspecified atom stereocenters. The van der Waals surface area contributed by atoms with Crippen LogP contribution in [0.25, 0.3) is 0 Å². The lowest BCUT2D eigenvalue weighted by Crippen LogP contribution is -2.36. The lowest BCUT2D eigenvalue weighted by molar-refractivity contribution is -0.125. The first kappa shape index (κ1) is 19.3. The molecule has 1 fully saturated rings. The molecule has 1 aromatic heterocycles. The average molecular weight is 365 g/mol. The number of aromatic nitrogens is 2. The van der Waals surface area contributed by atoms with Crippen LogP contribution >= 0.6 is 12.4 Å². The fourth-order valence-corrected chi connectivity index (χ4v) is 3.25. The van der Waals surface area contributed by atoms with Crippen LogP contribution in [-0.4, -0.2) is 35.9 Å². The summed E-state index contributed by atoms with van der Waals surface area (Å²) in [7, 11) is 3.54. The minimum Gasteiger partial charge on any atom is -0.497 e. The zero-order valence-corrected chi connectivity index (χ0v) is 15.5. The van der Waals surface area contributed by atoms with Crippen molar-refractivity contribution in [2.24, 2.45) is 13.0 Å². The van der Waals surface area contributed by atoms with E-state index in [0.29, 0.717) is 6.54 Å². The number of benzene rings is 1. The number of nitrogens with one attached hydrogen (secondary N) is 2. The Balaban J connectivity index is 0.00000225. The topological polar surface area (TPSA) is 68.2 Å². The zero-order chi connectivity index (χ0) is 17.1. The van der Waals surface area contributed by atoms with E-state index >= 15 is 0 Å². The predicted octanol–water partition coefficient (Wildman–Crippen LogP) is 2.03. The molecule has 3 rings (SSSR count). The number of carbonyl (C=O) groups is 1. The van der Waals surface area contributed by atoms with Crippen molar-refractivity contribution in [3.8, 4) is 5.75 Å². The number of hydrogen-bond donors (Lipinski definition) is 2. The smallest absolute Gasteiger partial charge is 0.225 e. The van der Waals surface area contributed by atoms with E-state index in [0.717, 1.165) is 23.4 Å². The minimum absolute atomic E-state index is 0. The standard InChI is InChI=1S/C18H24N4O2.ClH/c1-12(13-5-4-6-15(7-13)24-3)21-18(23)17-10-19-9-16(17)14-8-20-22(2)11-14;/h4-8,11-12,16-17,19H,9-10H2,1-3H3,(H,21,23);1H/t12?,16-,17+;/m1./s1. The van der Waals surface area contributed by atoms with Gasteiger partial charge in [0, 0.05) is 32.3 Å². The normalized spacial score (nSPS) is 20.6. The fourth-order valence-electron chi connectivity index (χ4n) is 3.25. The number of amides is 1. The van der Waals surface area contributed by atoms with Crippen molar-refractivity contribution in [2.75, 3.05) is 20.2 Å². The zero-order valence-electron chi connectivity index (χ0n) is 14.7. The van der Waals surface area contributed by atoms with Crippen LogP contribution in [0.1, 0.15) is 30.0 Å². The van der Waals surface area contributed by atoms with Crippen LogP contribution in [0.5, 0.6) is 5.75 Å². The van der Waals surface area contributed by atoms with Crippen molar-refractivity contribution in [1.82, 2.24) is 20.4 Å². The average Bonchev–Trinajstić information content (AvgIpc) is 3.23. The molecule has 2 aromatic rings. The van der Waals surface area contributed by atoms with Gasteiger partial charge in [0.15, 0.2) is 0 Å². The molecule has 0 radical (unpaired) electrons. The van der Waals surface area contributed by atoms with Crippen LogP contribution in [0.2, 0.25) is 0 Å². The van der Waals surface area contributed by atoms with Crippen molar-refractivity contribution in [2.45, 2.75) is 18.9 Å². The number of halogens is 1. The lowest BCUT2D eigenvalue weighted by atomic mass is 9.90. The van der Waals surface area contributed by atoms with Gasteiger partial charge in [-0.2, -0.15) is 5.10 Å². The lowest BCUT2D eigenvalue weighted by Gasteiger charge is -2.21. The third-order valence-electron chi connectivity index (χ3n) is 4.66. The summed E-state index contributed by atoms with van der Waals surface area (Å²) in [6.07, 6.45) is 3.84. The first-order valence-electron chi connectivity index (χ1n) is 8.22. The summed E-state index contributed by atoms with van der Waals surface area (Å²) in [5.41, 5.74) is 2.14. The van der Waals surface area contributed by atoms with Crippen LogP contribution in [0.15, 0.2) is 36.7 Å². The van der Waals surface area contributed by atoms with Crippen LogP contribution < -0.4 is 15.4 Å².